The number of carbonyl (C=O) groups excluding carboxylic acids is 1. The number of methoxy groups -OCH3 is 1. The molecule has 3 aromatic heterocycles. The van der Waals surface area contributed by atoms with Crippen LogP contribution >= 0.6 is 11.3 Å². The summed E-state index contributed by atoms with van der Waals surface area (Å²) in [6.07, 6.45) is 3.19. The molecule has 0 bridgehead atoms. The highest BCUT2D eigenvalue weighted by atomic mass is 32.2. The molecule has 0 aromatic carbocycles. The lowest BCUT2D eigenvalue weighted by Gasteiger charge is -2.38. The van der Waals surface area contributed by atoms with Crippen molar-refractivity contribution >= 4 is 38.5 Å². The van der Waals surface area contributed by atoms with E-state index in [4.69, 9.17) is 14.2 Å². The molecule has 2 fully saturated rings. The first-order valence-electron chi connectivity index (χ1n) is 11.5. The average molecular weight is 537 g/mol. The predicted molar refractivity (Wildman–Crippen MR) is 132 cm³/mol. The van der Waals surface area contributed by atoms with Crippen molar-refractivity contribution in [3.63, 3.8) is 0 Å². The van der Waals surface area contributed by atoms with Crippen molar-refractivity contribution < 1.29 is 27.4 Å². The number of hydrogen-bond donors (Lipinski definition) is 1. The summed E-state index contributed by atoms with van der Waals surface area (Å²) in [6.45, 7) is 7.62. The van der Waals surface area contributed by atoms with Crippen LogP contribution in [-0.4, -0.2) is 85.1 Å². The number of carbonyl (C=O) groups is 1. The molecule has 2 aliphatic rings. The van der Waals surface area contributed by atoms with E-state index in [0.29, 0.717) is 42.1 Å². The number of esters is 1. The maximum absolute atomic E-state index is 13.5. The van der Waals surface area contributed by atoms with Crippen molar-refractivity contribution in [3.8, 4) is 10.8 Å². The number of nitrogens with one attached hydrogen (secondary N) is 1. The third kappa shape index (κ3) is 4.83. The minimum Gasteiger partial charge on any atom is -0.469 e. The van der Waals surface area contributed by atoms with Crippen molar-refractivity contribution in [1.29, 1.82) is 0 Å². The van der Waals surface area contributed by atoms with Crippen LogP contribution in [0.4, 0.5) is 5.69 Å². The molecule has 0 radical (unpaired) electrons. The molecule has 36 heavy (non-hydrogen) atoms. The number of nitrogens with zero attached hydrogens (tertiary/aromatic N) is 5. The summed E-state index contributed by atoms with van der Waals surface area (Å²) >= 11 is 1.21. The second kappa shape index (κ2) is 9.34. The molecular formula is C22H28N6O6S2. The topological polar surface area (TPSA) is 137 Å². The standard InChI is InChI=1S/C22H28N6O6S2/c1-13-8-27(9-14(2)34-13)16-5-15(36(30,31)26-22(3)11-33-12-22)10-28-17(16)7-23-20(28)21-25-24-18(35-21)6-19(29)32-4/h5,7,10,13-14,26H,6,8-9,11-12H2,1-4H3/t13-,14-/m0/s1. The molecule has 14 heteroatoms. The first kappa shape index (κ1) is 25.0. The Balaban J connectivity index is 1.61. The van der Waals surface area contributed by atoms with Crippen LogP contribution in [0.3, 0.4) is 0 Å². The monoisotopic (exact) mass is 536 g/mol. The molecule has 12 nitrogen and oxygen atoms in total. The fraction of sp³-hybridized carbons (Fsp3) is 0.545. The van der Waals surface area contributed by atoms with Gasteiger partial charge in [0.25, 0.3) is 0 Å². The Labute approximate surface area is 212 Å². The van der Waals surface area contributed by atoms with Gasteiger partial charge < -0.3 is 19.1 Å². The summed E-state index contributed by atoms with van der Waals surface area (Å²) in [4.78, 5) is 18.4. The van der Waals surface area contributed by atoms with Crippen molar-refractivity contribution in [1.82, 2.24) is 24.3 Å². The number of ether oxygens (including phenoxy) is 3. The third-order valence-electron chi connectivity index (χ3n) is 6.07. The lowest BCUT2D eigenvalue weighted by molar-refractivity contribution is -0.139. The second-order valence-corrected chi connectivity index (χ2v) is 12.2. The maximum atomic E-state index is 13.5. The van der Waals surface area contributed by atoms with E-state index < -0.39 is 21.5 Å². The van der Waals surface area contributed by atoms with Gasteiger partial charge in [-0.25, -0.2) is 18.1 Å². The van der Waals surface area contributed by atoms with Gasteiger partial charge >= 0.3 is 5.97 Å². The zero-order chi connectivity index (χ0) is 25.7. The molecule has 5 heterocycles. The maximum Gasteiger partial charge on any atom is 0.312 e. The summed E-state index contributed by atoms with van der Waals surface area (Å²) in [5.74, 6) is 0.0147. The Bertz CT molecular complexity index is 1390. The molecule has 194 valence electrons. The van der Waals surface area contributed by atoms with E-state index in [0.717, 1.165) is 11.2 Å². The molecule has 2 saturated heterocycles. The fourth-order valence-electron chi connectivity index (χ4n) is 4.45. The van der Waals surface area contributed by atoms with Crippen LogP contribution in [-0.2, 0) is 35.4 Å². The average Bonchev–Trinajstić information content (AvgIpc) is 3.43. The van der Waals surface area contributed by atoms with E-state index in [1.165, 1.54) is 18.4 Å². The van der Waals surface area contributed by atoms with Gasteiger partial charge in [-0.2, -0.15) is 0 Å². The van der Waals surface area contributed by atoms with Gasteiger partial charge in [0.1, 0.15) is 9.90 Å². The van der Waals surface area contributed by atoms with Gasteiger partial charge in [0.2, 0.25) is 10.0 Å². The van der Waals surface area contributed by atoms with E-state index in [2.05, 4.69) is 24.8 Å². The minimum atomic E-state index is -3.88. The molecule has 0 unspecified atom stereocenters. The molecular weight excluding hydrogens is 508 g/mol. The van der Waals surface area contributed by atoms with E-state index in [1.54, 1.807) is 22.9 Å². The first-order valence-corrected chi connectivity index (χ1v) is 13.8. The lowest BCUT2D eigenvalue weighted by atomic mass is 10.0. The van der Waals surface area contributed by atoms with Crippen molar-refractivity contribution in [2.24, 2.45) is 0 Å². The SMILES string of the molecule is COC(=O)Cc1nnc(-c2ncc3c(N4C[C@H](C)O[C@@H](C)C4)cc(S(=O)(=O)NC4(C)COC4)cn23)s1. The van der Waals surface area contributed by atoms with Gasteiger partial charge in [0.05, 0.1) is 61.9 Å². The van der Waals surface area contributed by atoms with E-state index in [9.17, 15) is 13.2 Å². The van der Waals surface area contributed by atoms with Gasteiger partial charge in [-0.3, -0.25) is 9.20 Å². The number of aromatic nitrogens is 4. The molecule has 3 aromatic rings. The molecule has 0 saturated carbocycles. The second-order valence-electron chi connectivity index (χ2n) is 9.47. The van der Waals surface area contributed by atoms with Gasteiger partial charge in [-0.15, -0.1) is 10.2 Å². The van der Waals surface area contributed by atoms with Gasteiger partial charge in [0, 0.05) is 19.3 Å². The highest BCUT2D eigenvalue weighted by molar-refractivity contribution is 7.89. The van der Waals surface area contributed by atoms with Crippen LogP contribution in [0.1, 0.15) is 25.8 Å². The van der Waals surface area contributed by atoms with Crippen LogP contribution in [0.5, 0.6) is 0 Å². The highest BCUT2D eigenvalue weighted by Gasteiger charge is 2.38. The molecule has 2 atom stereocenters. The van der Waals surface area contributed by atoms with Crippen LogP contribution in [0.25, 0.3) is 16.3 Å². The quantitative estimate of drug-likeness (QED) is 0.439. The van der Waals surface area contributed by atoms with E-state index >= 15 is 0 Å². The molecule has 0 aliphatic carbocycles. The first-order chi connectivity index (χ1) is 17.1. The van der Waals surface area contributed by atoms with Crippen molar-refractivity contribution in [3.05, 3.63) is 23.5 Å². The summed E-state index contributed by atoms with van der Waals surface area (Å²) in [5.41, 5.74) is 0.802. The Hall–Kier alpha value is -2.65. The Morgan fingerprint density at radius 1 is 1.28 bits per heavy atom. The van der Waals surface area contributed by atoms with Crippen molar-refractivity contribution in [2.45, 2.75) is 49.8 Å². The van der Waals surface area contributed by atoms with E-state index in [1.807, 2.05) is 20.8 Å². The highest BCUT2D eigenvalue weighted by Crippen LogP contribution is 2.33. The number of anilines is 1. The minimum absolute atomic E-state index is 0.00349. The summed E-state index contributed by atoms with van der Waals surface area (Å²) < 4.78 is 47.2. The third-order valence-corrected chi connectivity index (χ3v) is 8.59. The summed E-state index contributed by atoms with van der Waals surface area (Å²) in [5, 5.41) is 9.22. The molecule has 0 spiro atoms. The fourth-order valence-corrected chi connectivity index (χ4v) is 6.66. The Morgan fingerprint density at radius 2 is 2.00 bits per heavy atom. The van der Waals surface area contributed by atoms with Crippen LogP contribution in [0.15, 0.2) is 23.4 Å². The zero-order valence-corrected chi connectivity index (χ0v) is 22.1. The summed E-state index contributed by atoms with van der Waals surface area (Å²) in [6, 6.07) is 1.68. The molecule has 2 aliphatic heterocycles. The number of fused-ring (bicyclic) bond motifs is 1. The zero-order valence-electron chi connectivity index (χ0n) is 20.4. The van der Waals surface area contributed by atoms with Crippen LogP contribution < -0.4 is 9.62 Å². The van der Waals surface area contributed by atoms with Gasteiger partial charge in [-0.1, -0.05) is 11.3 Å². The number of hydrogen-bond acceptors (Lipinski definition) is 11. The lowest BCUT2D eigenvalue weighted by Crippen LogP contribution is -2.59. The number of imidazole rings is 1. The largest absolute Gasteiger partial charge is 0.469 e. The van der Waals surface area contributed by atoms with Crippen molar-refractivity contribution in [2.75, 3.05) is 38.3 Å². The van der Waals surface area contributed by atoms with Crippen LogP contribution in [0, 0.1) is 0 Å². The van der Waals surface area contributed by atoms with Gasteiger partial charge in [0.15, 0.2) is 10.8 Å². The Kier molecular flexibility index (Phi) is 6.49. The van der Waals surface area contributed by atoms with Crippen LogP contribution in [0.2, 0.25) is 0 Å². The Morgan fingerprint density at radius 3 is 2.64 bits per heavy atom. The predicted octanol–water partition coefficient (Wildman–Crippen LogP) is 1.25. The normalized spacial score (nSPS) is 21.9. The number of sulfonamides is 1. The molecule has 5 rings (SSSR count). The molecule has 0 amide bonds. The molecule has 1 N–H and O–H groups in total. The number of rotatable bonds is 7. The number of morpholine rings is 1. The van der Waals surface area contributed by atoms with Gasteiger partial charge in [-0.05, 0) is 26.8 Å². The smallest absolute Gasteiger partial charge is 0.312 e. The number of pyridine rings is 1. The summed E-state index contributed by atoms with van der Waals surface area (Å²) in [7, 11) is -2.57. The van der Waals surface area contributed by atoms with E-state index in [-0.39, 0.29) is 23.5 Å².